The van der Waals surface area contributed by atoms with Gasteiger partial charge in [0.2, 0.25) is 0 Å². The summed E-state index contributed by atoms with van der Waals surface area (Å²) in [5.74, 6) is 1.17. The first-order valence-corrected chi connectivity index (χ1v) is 8.72. The van der Waals surface area contributed by atoms with Crippen LogP contribution in [0.4, 0.5) is 0 Å². The molecule has 0 spiro atoms. The van der Waals surface area contributed by atoms with Gasteiger partial charge in [-0.15, -0.1) is 0 Å². The smallest absolute Gasteiger partial charge is 0.271 e. The van der Waals surface area contributed by atoms with Crippen molar-refractivity contribution in [3.63, 3.8) is 0 Å². The Bertz CT molecular complexity index is 991. The highest BCUT2D eigenvalue weighted by molar-refractivity contribution is 5.98. The summed E-state index contributed by atoms with van der Waals surface area (Å²) >= 11 is 0. The Kier molecular flexibility index (Phi) is 7.00. The molecule has 3 aromatic rings. The summed E-state index contributed by atoms with van der Waals surface area (Å²) in [7, 11) is 1.58. The highest BCUT2D eigenvalue weighted by atomic mass is 16.5. The van der Waals surface area contributed by atoms with E-state index in [1.165, 1.54) is 12.4 Å². The number of carbonyl (C=O) groups excluding carboxylic acids is 1. The van der Waals surface area contributed by atoms with Crippen LogP contribution in [0.15, 0.2) is 83.4 Å². The zero-order chi connectivity index (χ0) is 20.3. The fraction of sp³-hybridized carbons (Fsp3) is 0.0952. The van der Waals surface area contributed by atoms with Crippen LogP contribution in [0, 0.1) is 0 Å². The van der Waals surface area contributed by atoms with Crippen molar-refractivity contribution in [3.8, 4) is 11.5 Å². The normalized spacial score (nSPS) is 11.3. The molecular weight excluding hydrogens is 370 g/mol. The van der Waals surface area contributed by atoms with Crippen molar-refractivity contribution in [2.24, 2.45) is 10.1 Å². The van der Waals surface area contributed by atoms with Crippen molar-refractivity contribution in [2.45, 2.75) is 0 Å². The molecule has 2 heterocycles. The number of aliphatic imine (C=N–C) groups is 1. The van der Waals surface area contributed by atoms with Crippen molar-refractivity contribution < 1.29 is 14.3 Å². The number of pyridine rings is 2. The number of ether oxygens (including phenoxy) is 2. The van der Waals surface area contributed by atoms with Gasteiger partial charge in [-0.05, 0) is 30.3 Å². The summed E-state index contributed by atoms with van der Waals surface area (Å²) in [6.07, 6.45) is 8.00. The topological polar surface area (TPSA) is 98.1 Å². The van der Waals surface area contributed by atoms with Crippen LogP contribution in [-0.2, 0) is 0 Å². The largest absolute Gasteiger partial charge is 0.497 e. The Labute approximate surface area is 168 Å². The first-order valence-electron chi connectivity index (χ1n) is 8.72. The molecule has 1 amide bonds. The Hall–Kier alpha value is -4.07. The van der Waals surface area contributed by atoms with Gasteiger partial charge in [-0.2, -0.15) is 5.10 Å². The van der Waals surface area contributed by atoms with Crippen molar-refractivity contribution in [2.75, 3.05) is 13.7 Å². The lowest BCUT2D eigenvalue weighted by Gasteiger charge is -2.08. The minimum absolute atomic E-state index is 0.0422. The number of hydrogen-bond donors (Lipinski definition) is 1. The molecule has 0 saturated heterocycles. The number of amides is 1. The lowest BCUT2D eigenvalue weighted by Crippen LogP contribution is -2.21. The number of benzene rings is 1. The predicted octanol–water partition coefficient (Wildman–Crippen LogP) is 2.73. The van der Waals surface area contributed by atoms with Crippen molar-refractivity contribution >= 4 is 18.0 Å². The number of hydrogen-bond acceptors (Lipinski definition) is 6. The molecule has 0 aliphatic rings. The van der Waals surface area contributed by atoms with Crippen LogP contribution in [0.5, 0.6) is 11.5 Å². The quantitative estimate of drug-likeness (QED) is 0.381. The van der Waals surface area contributed by atoms with Gasteiger partial charge in [0.05, 0.1) is 7.11 Å². The Morgan fingerprint density at radius 2 is 1.90 bits per heavy atom. The SMILES string of the molecule is COc1cccc(OCC(N=Cc2cccnc2)=NNC(=O)c2ccncc2)c1. The molecule has 1 N–H and O–H groups in total. The molecule has 0 unspecified atom stereocenters. The highest BCUT2D eigenvalue weighted by Gasteiger charge is 2.06. The van der Waals surface area contributed by atoms with Gasteiger partial charge in [0.1, 0.15) is 18.1 Å². The molecule has 0 atom stereocenters. The van der Waals surface area contributed by atoms with Crippen LogP contribution in [0.25, 0.3) is 0 Å². The van der Waals surface area contributed by atoms with E-state index in [4.69, 9.17) is 9.47 Å². The number of hydrazone groups is 1. The summed E-state index contributed by atoms with van der Waals surface area (Å²) in [5.41, 5.74) is 3.71. The molecule has 8 heteroatoms. The van der Waals surface area contributed by atoms with E-state index in [1.54, 1.807) is 56.0 Å². The number of nitrogens with zero attached hydrogens (tertiary/aromatic N) is 4. The summed E-state index contributed by atoms with van der Waals surface area (Å²) in [4.78, 5) is 24.5. The summed E-state index contributed by atoms with van der Waals surface area (Å²) in [6, 6.07) is 14.0. The van der Waals surface area contributed by atoms with E-state index in [0.29, 0.717) is 17.1 Å². The molecule has 0 aliphatic carbocycles. The zero-order valence-corrected chi connectivity index (χ0v) is 15.7. The second kappa shape index (κ2) is 10.3. The third-order valence-corrected chi connectivity index (χ3v) is 3.69. The number of rotatable bonds is 7. The van der Waals surface area contributed by atoms with Crippen LogP contribution in [0.1, 0.15) is 15.9 Å². The van der Waals surface area contributed by atoms with Gasteiger partial charge in [-0.3, -0.25) is 14.8 Å². The number of carbonyl (C=O) groups is 1. The molecular formula is C21H19N5O3. The fourth-order valence-electron chi connectivity index (χ4n) is 2.22. The van der Waals surface area contributed by atoms with Gasteiger partial charge in [-0.1, -0.05) is 12.1 Å². The van der Waals surface area contributed by atoms with Crippen LogP contribution in [-0.4, -0.2) is 41.6 Å². The van der Waals surface area contributed by atoms with Crippen LogP contribution >= 0.6 is 0 Å². The van der Waals surface area contributed by atoms with Crippen LogP contribution < -0.4 is 14.9 Å². The fourth-order valence-corrected chi connectivity index (χ4v) is 2.22. The van der Waals surface area contributed by atoms with Crippen LogP contribution in [0.3, 0.4) is 0 Å². The maximum Gasteiger partial charge on any atom is 0.271 e. The van der Waals surface area contributed by atoms with Gasteiger partial charge in [0.25, 0.3) is 5.91 Å². The molecule has 0 saturated carbocycles. The molecule has 29 heavy (non-hydrogen) atoms. The van der Waals surface area contributed by atoms with E-state index in [1.807, 2.05) is 18.2 Å². The minimum atomic E-state index is -0.372. The van der Waals surface area contributed by atoms with E-state index in [0.717, 1.165) is 5.56 Å². The third-order valence-electron chi connectivity index (χ3n) is 3.69. The molecule has 0 fully saturated rings. The standard InChI is InChI=1S/C21H19N5O3/c1-28-18-5-2-6-19(12-18)29-15-20(24-14-16-4-3-9-23-13-16)25-26-21(27)17-7-10-22-11-8-17/h2-14H,15H2,1H3,(H,26,27). The molecule has 8 nitrogen and oxygen atoms in total. The molecule has 0 bridgehead atoms. The molecule has 146 valence electrons. The molecule has 2 aromatic heterocycles. The molecule has 0 radical (unpaired) electrons. The van der Waals surface area contributed by atoms with Crippen molar-refractivity contribution in [3.05, 3.63) is 84.4 Å². The summed E-state index contributed by atoms with van der Waals surface area (Å²) in [5, 5.41) is 4.09. The number of amidine groups is 1. The van der Waals surface area contributed by atoms with E-state index in [2.05, 4.69) is 25.5 Å². The maximum atomic E-state index is 12.2. The van der Waals surface area contributed by atoms with Gasteiger partial charge in [-0.25, -0.2) is 10.4 Å². The molecule has 1 aromatic carbocycles. The maximum absolute atomic E-state index is 12.2. The van der Waals surface area contributed by atoms with E-state index >= 15 is 0 Å². The van der Waals surface area contributed by atoms with Crippen molar-refractivity contribution in [1.82, 2.24) is 15.4 Å². The average molecular weight is 389 g/mol. The second-order valence-corrected chi connectivity index (χ2v) is 5.72. The van der Waals surface area contributed by atoms with Gasteiger partial charge >= 0.3 is 0 Å². The number of methoxy groups -OCH3 is 1. The molecule has 0 aliphatic heterocycles. The zero-order valence-electron chi connectivity index (χ0n) is 15.7. The summed E-state index contributed by atoms with van der Waals surface area (Å²) < 4.78 is 10.9. The van der Waals surface area contributed by atoms with E-state index < -0.39 is 0 Å². The van der Waals surface area contributed by atoms with E-state index in [9.17, 15) is 4.79 Å². The Balaban J connectivity index is 1.73. The Morgan fingerprint density at radius 3 is 2.66 bits per heavy atom. The highest BCUT2D eigenvalue weighted by Crippen LogP contribution is 2.18. The first-order chi connectivity index (χ1) is 14.2. The van der Waals surface area contributed by atoms with Crippen LogP contribution in [0.2, 0.25) is 0 Å². The Morgan fingerprint density at radius 1 is 1.07 bits per heavy atom. The monoisotopic (exact) mass is 389 g/mol. The number of aromatic nitrogens is 2. The second-order valence-electron chi connectivity index (χ2n) is 5.72. The van der Waals surface area contributed by atoms with Crippen molar-refractivity contribution in [1.29, 1.82) is 0 Å². The van der Waals surface area contributed by atoms with E-state index in [-0.39, 0.29) is 18.3 Å². The average Bonchev–Trinajstić information content (AvgIpc) is 2.79. The van der Waals surface area contributed by atoms with Gasteiger partial charge in [0.15, 0.2) is 5.84 Å². The molecule has 3 rings (SSSR count). The lowest BCUT2D eigenvalue weighted by atomic mass is 10.3. The lowest BCUT2D eigenvalue weighted by molar-refractivity contribution is 0.0954. The third kappa shape index (κ3) is 6.24. The minimum Gasteiger partial charge on any atom is -0.497 e. The first kappa shape index (κ1) is 19.7. The summed E-state index contributed by atoms with van der Waals surface area (Å²) in [6.45, 7) is 0.0422. The number of nitrogens with one attached hydrogen (secondary N) is 1. The van der Waals surface area contributed by atoms with Gasteiger partial charge in [0, 0.05) is 48.2 Å². The predicted molar refractivity (Wildman–Crippen MR) is 109 cm³/mol. The van der Waals surface area contributed by atoms with Gasteiger partial charge < -0.3 is 9.47 Å².